The highest BCUT2D eigenvalue weighted by Gasteiger charge is 2.25. The molecule has 5 rings (SSSR count). The van der Waals surface area contributed by atoms with Crippen LogP contribution in [0.25, 0.3) is 10.8 Å². The van der Waals surface area contributed by atoms with Crippen molar-refractivity contribution in [1.82, 2.24) is 9.80 Å². The summed E-state index contributed by atoms with van der Waals surface area (Å²) in [5.74, 6) is 0.441. The summed E-state index contributed by atoms with van der Waals surface area (Å²) in [5, 5.41) is 2.65. The standard InChI is InChI=1S/C25H28N2O/c1-26-17-23-14-19(16-27-10-12-28-13-11-27)6-9-24(23)25(18-26)22-8-7-20-4-2-3-5-21(20)15-22/h2-9,14-15,25H,10-13,16-18H2,1H3. The SMILES string of the molecule is CN1Cc2cc(CN3CCOCC3)ccc2C(c2ccc3ccccc3c2)C1. The minimum atomic E-state index is 0.441. The van der Waals surface area contributed by atoms with Crippen molar-refractivity contribution >= 4 is 10.8 Å². The number of hydrogen-bond acceptors (Lipinski definition) is 3. The van der Waals surface area contributed by atoms with E-state index in [0.717, 1.165) is 45.9 Å². The number of benzene rings is 3. The van der Waals surface area contributed by atoms with Crippen molar-refractivity contribution in [1.29, 1.82) is 0 Å². The van der Waals surface area contributed by atoms with E-state index >= 15 is 0 Å². The molecular formula is C25H28N2O. The fraction of sp³-hybridized carbons (Fsp3) is 0.360. The lowest BCUT2D eigenvalue weighted by molar-refractivity contribution is 0.0341. The Morgan fingerprint density at radius 1 is 0.929 bits per heavy atom. The maximum absolute atomic E-state index is 5.49. The van der Waals surface area contributed by atoms with Crippen LogP contribution in [0, 0.1) is 0 Å². The van der Waals surface area contributed by atoms with Gasteiger partial charge in [0.2, 0.25) is 0 Å². The summed E-state index contributed by atoms with van der Waals surface area (Å²) in [5.41, 5.74) is 5.83. The number of rotatable bonds is 3. The first-order chi connectivity index (χ1) is 13.8. The molecule has 1 fully saturated rings. The fourth-order valence-electron chi connectivity index (χ4n) is 4.73. The summed E-state index contributed by atoms with van der Waals surface area (Å²) in [7, 11) is 2.24. The lowest BCUT2D eigenvalue weighted by Crippen LogP contribution is -2.36. The molecular weight excluding hydrogens is 344 g/mol. The molecule has 3 aromatic rings. The van der Waals surface area contributed by atoms with Gasteiger partial charge >= 0.3 is 0 Å². The highest BCUT2D eigenvalue weighted by atomic mass is 16.5. The van der Waals surface area contributed by atoms with Crippen LogP contribution in [-0.4, -0.2) is 49.7 Å². The smallest absolute Gasteiger partial charge is 0.0594 e. The van der Waals surface area contributed by atoms with Crippen molar-refractivity contribution in [2.75, 3.05) is 39.9 Å². The Bertz CT molecular complexity index is 977. The van der Waals surface area contributed by atoms with E-state index in [1.165, 1.54) is 33.0 Å². The molecule has 2 aliphatic heterocycles. The monoisotopic (exact) mass is 372 g/mol. The average molecular weight is 373 g/mol. The second-order valence-corrected chi connectivity index (χ2v) is 8.28. The molecule has 0 saturated carbocycles. The van der Waals surface area contributed by atoms with Gasteiger partial charge in [-0.1, -0.05) is 60.7 Å². The third kappa shape index (κ3) is 3.58. The van der Waals surface area contributed by atoms with Gasteiger partial charge in [-0.3, -0.25) is 4.90 Å². The van der Waals surface area contributed by atoms with Crippen LogP contribution >= 0.6 is 0 Å². The first kappa shape index (κ1) is 17.9. The molecule has 3 nitrogen and oxygen atoms in total. The third-order valence-corrected chi connectivity index (χ3v) is 6.20. The van der Waals surface area contributed by atoms with Gasteiger partial charge in [-0.2, -0.15) is 0 Å². The summed E-state index contributed by atoms with van der Waals surface area (Å²) < 4.78 is 5.49. The highest BCUT2D eigenvalue weighted by Crippen LogP contribution is 2.35. The summed E-state index contributed by atoms with van der Waals surface area (Å²) in [6.45, 7) is 6.94. The van der Waals surface area contributed by atoms with E-state index < -0.39 is 0 Å². The van der Waals surface area contributed by atoms with E-state index in [9.17, 15) is 0 Å². The first-order valence-corrected chi connectivity index (χ1v) is 10.4. The Morgan fingerprint density at radius 2 is 1.75 bits per heavy atom. The van der Waals surface area contributed by atoms with Gasteiger partial charge in [0.1, 0.15) is 0 Å². The molecule has 1 unspecified atom stereocenters. The van der Waals surface area contributed by atoms with Gasteiger partial charge < -0.3 is 9.64 Å². The molecule has 0 aromatic heterocycles. The summed E-state index contributed by atoms with van der Waals surface area (Å²) in [6, 6.07) is 22.8. The summed E-state index contributed by atoms with van der Waals surface area (Å²) in [4.78, 5) is 4.96. The molecule has 3 heteroatoms. The molecule has 0 spiro atoms. The van der Waals surface area contributed by atoms with Crippen LogP contribution in [0.3, 0.4) is 0 Å². The van der Waals surface area contributed by atoms with Gasteiger partial charge in [0.25, 0.3) is 0 Å². The van der Waals surface area contributed by atoms with Gasteiger partial charge in [0.05, 0.1) is 13.2 Å². The number of nitrogens with zero attached hydrogens (tertiary/aromatic N) is 2. The molecule has 3 aromatic carbocycles. The zero-order chi connectivity index (χ0) is 18.9. The lowest BCUT2D eigenvalue weighted by atomic mass is 9.83. The van der Waals surface area contributed by atoms with Crippen LogP contribution in [-0.2, 0) is 17.8 Å². The van der Waals surface area contributed by atoms with E-state index in [1.54, 1.807) is 0 Å². The van der Waals surface area contributed by atoms with Gasteiger partial charge in [-0.25, -0.2) is 0 Å². The Morgan fingerprint density at radius 3 is 2.61 bits per heavy atom. The van der Waals surface area contributed by atoms with Gasteiger partial charge in [-0.05, 0) is 40.1 Å². The number of ether oxygens (including phenoxy) is 1. The molecule has 2 heterocycles. The zero-order valence-corrected chi connectivity index (χ0v) is 16.6. The van der Waals surface area contributed by atoms with Crippen molar-refractivity contribution in [3.63, 3.8) is 0 Å². The van der Waals surface area contributed by atoms with E-state index in [1.807, 2.05) is 0 Å². The van der Waals surface area contributed by atoms with Gasteiger partial charge in [0.15, 0.2) is 0 Å². The molecule has 0 bridgehead atoms. The summed E-state index contributed by atoms with van der Waals surface area (Å²) >= 11 is 0. The maximum Gasteiger partial charge on any atom is 0.0594 e. The number of fused-ring (bicyclic) bond motifs is 2. The Labute approximate surface area is 167 Å². The lowest BCUT2D eigenvalue weighted by Gasteiger charge is -2.33. The molecule has 28 heavy (non-hydrogen) atoms. The Balaban J connectivity index is 1.46. The Kier molecular flexibility index (Phi) is 4.89. The van der Waals surface area contributed by atoms with Crippen molar-refractivity contribution < 1.29 is 4.74 Å². The van der Waals surface area contributed by atoms with Crippen molar-refractivity contribution in [2.24, 2.45) is 0 Å². The second-order valence-electron chi connectivity index (χ2n) is 8.28. The zero-order valence-electron chi connectivity index (χ0n) is 16.6. The predicted molar refractivity (Wildman–Crippen MR) is 115 cm³/mol. The molecule has 2 aliphatic rings. The fourth-order valence-corrected chi connectivity index (χ4v) is 4.73. The van der Waals surface area contributed by atoms with Crippen LogP contribution in [0.2, 0.25) is 0 Å². The molecule has 0 aliphatic carbocycles. The largest absolute Gasteiger partial charge is 0.379 e. The highest BCUT2D eigenvalue weighted by molar-refractivity contribution is 5.83. The third-order valence-electron chi connectivity index (χ3n) is 6.20. The predicted octanol–water partition coefficient (Wildman–Crippen LogP) is 4.25. The second kappa shape index (κ2) is 7.67. The quantitative estimate of drug-likeness (QED) is 0.684. The maximum atomic E-state index is 5.49. The first-order valence-electron chi connectivity index (χ1n) is 10.4. The molecule has 1 saturated heterocycles. The van der Waals surface area contributed by atoms with E-state index in [0.29, 0.717) is 5.92 Å². The average Bonchev–Trinajstić information content (AvgIpc) is 2.73. The topological polar surface area (TPSA) is 15.7 Å². The molecule has 0 radical (unpaired) electrons. The van der Waals surface area contributed by atoms with E-state index in [4.69, 9.17) is 4.74 Å². The van der Waals surface area contributed by atoms with Crippen LogP contribution in [0.5, 0.6) is 0 Å². The number of hydrogen-bond donors (Lipinski definition) is 0. The van der Waals surface area contributed by atoms with Crippen LogP contribution in [0.4, 0.5) is 0 Å². The normalized spacial score (nSPS) is 21.0. The number of likely N-dealkylation sites (N-methyl/N-ethyl adjacent to an activating group) is 1. The Hall–Kier alpha value is -2.20. The number of morpholine rings is 1. The minimum absolute atomic E-state index is 0.441. The van der Waals surface area contributed by atoms with Gasteiger partial charge in [0, 0.05) is 38.6 Å². The van der Waals surface area contributed by atoms with E-state index in [2.05, 4.69) is 77.5 Å². The van der Waals surface area contributed by atoms with E-state index in [-0.39, 0.29) is 0 Å². The molecule has 0 N–H and O–H groups in total. The van der Waals surface area contributed by atoms with Crippen molar-refractivity contribution in [3.8, 4) is 0 Å². The molecule has 0 amide bonds. The van der Waals surface area contributed by atoms with Crippen molar-refractivity contribution in [2.45, 2.75) is 19.0 Å². The molecule has 144 valence electrons. The molecule has 1 atom stereocenters. The van der Waals surface area contributed by atoms with Gasteiger partial charge in [-0.15, -0.1) is 0 Å². The van der Waals surface area contributed by atoms with Crippen LogP contribution in [0.15, 0.2) is 60.7 Å². The van der Waals surface area contributed by atoms with Crippen LogP contribution in [0.1, 0.15) is 28.2 Å². The minimum Gasteiger partial charge on any atom is -0.379 e. The summed E-state index contributed by atoms with van der Waals surface area (Å²) in [6.07, 6.45) is 0. The van der Waals surface area contributed by atoms with Crippen LogP contribution < -0.4 is 0 Å². The van der Waals surface area contributed by atoms with Crippen molar-refractivity contribution in [3.05, 3.63) is 82.9 Å².